The fraction of sp³-hybridized carbons (Fsp3) is 0.778. The molecule has 0 aliphatic heterocycles. The summed E-state index contributed by atoms with van der Waals surface area (Å²) in [6.45, 7) is 3.16. The van der Waals surface area contributed by atoms with Gasteiger partial charge in [0.15, 0.2) is 11.7 Å². The largest absolute Gasteiger partial charge is 0.359 e. The molecule has 162 valence electrons. The number of likely N-dealkylation sites (N-methyl/N-ethyl adjacent to an activating group) is 1. The average Bonchev–Trinajstić information content (AvgIpc) is 2.66. The Labute approximate surface area is 167 Å². The van der Waals surface area contributed by atoms with Crippen molar-refractivity contribution in [3.8, 4) is 0 Å². The molecule has 2 atom stereocenters. The zero-order valence-electron chi connectivity index (χ0n) is 17.6. The van der Waals surface area contributed by atoms with Crippen molar-refractivity contribution in [2.75, 3.05) is 40.8 Å². The van der Waals surface area contributed by atoms with Gasteiger partial charge in [-0.15, -0.1) is 0 Å². The van der Waals surface area contributed by atoms with E-state index < -0.39 is 6.03 Å². The molecule has 0 aromatic carbocycles. The number of rotatable bonds is 15. The smallest absolute Gasteiger partial charge is 0.312 e. The monoisotopic (exact) mass is 399 g/mol. The van der Waals surface area contributed by atoms with E-state index >= 15 is 0 Å². The van der Waals surface area contributed by atoms with Gasteiger partial charge in [0.05, 0.1) is 12.1 Å². The minimum atomic E-state index is -0.564. The van der Waals surface area contributed by atoms with Gasteiger partial charge in [-0.3, -0.25) is 14.6 Å². The first-order chi connectivity index (χ1) is 13.3. The van der Waals surface area contributed by atoms with E-state index in [1.54, 1.807) is 28.1 Å². The summed E-state index contributed by atoms with van der Waals surface area (Å²) in [5.41, 5.74) is 5.01. The molecule has 0 saturated carbocycles. The number of hydrogen-bond donors (Lipinski definition) is 6. The maximum atomic E-state index is 12.3. The summed E-state index contributed by atoms with van der Waals surface area (Å²) >= 11 is 0. The van der Waals surface area contributed by atoms with Gasteiger partial charge in [0, 0.05) is 40.2 Å². The number of nitrogens with zero attached hydrogens (tertiary/aromatic N) is 1. The van der Waals surface area contributed by atoms with Crippen LogP contribution in [0.3, 0.4) is 0 Å². The lowest BCUT2D eigenvalue weighted by molar-refractivity contribution is -0.122. The van der Waals surface area contributed by atoms with E-state index in [0.29, 0.717) is 51.3 Å². The van der Waals surface area contributed by atoms with E-state index in [2.05, 4.69) is 31.6 Å². The number of amides is 2. The molecule has 0 spiro atoms. The zero-order chi connectivity index (χ0) is 21.4. The summed E-state index contributed by atoms with van der Waals surface area (Å²) in [6, 6.07) is -1.10. The van der Waals surface area contributed by atoms with Crippen LogP contribution in [-0.2, 0) is 9.59 Å². The topological polar surface area (TPSA) is 150 Å². The Hall–Kier alpha value is -2.20. The van der Waals surface area contributed by atoms with Gasteiger partial charge in [0.2, 0.25) is 0 Å². The molecule has 0 unspecified atom stereocenters. The van der Waals surface area contributed by atoms with E-state index in [1.807, 2.05) is 0 Å². The number of Topliss-reactive ketones (excluding diaryl/α,β-unsaturated/α-hetero) is 2. The molecule has 0 rings (SSSR count). The number of hydrogen-bond acceptors (Lipinski definition) is 6. The summed E-state index contributed by atoms with van der Waals surface area (Å²) in [5.74, 6) is 0.853. The number of ketones is 2. The molecule has 0 saturated heterocycles. The Morgan fingerprint density at radius 1 is 0.964 bits per heavy atom. The van der Waals surface area contributed by atoms with Crippen LogP contribution in [0.15, 0.2) is 4.99 Å². The third kappa shape index (κ3) is 12.2. The van der Waals surface area contributed by atoms with Gasteiger partial charge < -0.3 is 32.3 Å². The van der Waals surface area contributed by atoms with Crippen molar-refractivity contribution in [1.29, 1.82) is 0 Å². The number of primary amides is 1. The van der Waals surface area contributed by atoms with Crippen molar-refractivity contribution < 1.29 is 14.4 Å². The minimum absolute atomic E-state index is 0.0631. The number of guanidine groups is 1. The highest BCUT2D eigenvalue weighted by molar-refractivity contribution is 5.84. The lowest BCUT2D eigenvalue weighted by atomic mass is 10.0. The van der Waals surface area contributed by atoms with Crippen LogP contribution in [-0.4, -0.2) is 76.4 Å². The molecule has 0 heterocycles. The van der Waals surface area contributed by atoms with E-state index in [-0.39, 0.29) is 23.7 Å². The second kappa shape index (κ2) is 15.8. The van der Waals surface area contributed by atoms with Gasteiger partial charge in [-0.25, -0.2) is 4.79 Å². The van der Waals surface area contributed by atoms with Gasteiger partial charge in [0.25, 0.3) is 0 Å². The predicted octanol–water partition coefficient (Wildman–Crippen LogP) is -0.896. The maximum Gasteiger partial charge on any atom is 0.312 e. The van der Waals surface area contributed by atoms with Crippen LogP contribution >= 0.6 is 0 Å². The fourth-order valence-electron chi connectivity index (χ4n) is 2.77. The zero-order valence-corrected chi connectivity index (χ0v) is 17.6. The van der Waals surface area contributed by atoms with E-state index in [0.717, 1.165) is 6.42 Å². The van der Waals surface area contributed by atoms with Crippen LogP contribution in [0, 0.1) is 0 Å². The van der Waals surface area contributed by atoms with Crippen molar-refractivity contribution in [1.82, 2.24) is 26.6 Å². The van der Waals surface area contributed by atoms with Gasteiger partial charge in [-0.2, -0.15) is 0 Å². The number of urea groups is 1. The van der Waals surface area contributed by atoms with Crippen LogP contribution < -0.4 is 32.3 Å². The van der Waals surface area contributed by atoms with Crippen LogP contribution in [0.5, 0.6) is 0 Å². The molecule has 0 aromatic heterocycles. The highest BCUT2D eigenvalue weighted by Gasteiger charge is 2.18. The summed E-state index contributed by atoms with van der Waals surface area (Å²) in [7, 11) is 5.23. The fourth-order valence-corrected chi connectivity index (χ4v) is 2.77. The van der Waals surface area contributed by atoms with Gasteiger partial charge in [0.1, 0.15) is 5.78 Å². The van der Waals surface area contributed by atoms with Crippen LogP contribution in [0.1, 0.15) is 39.0 Å². The Morgan fingerprint density at radius 3 is 2.07 bits per heavy atom. The molecule has 0 bridgehead atoms. The number of carbonyl (C=O) groups is 3. The number of nitrogens with two attached hydrogens (primary N) is 1. The summed E-state index contributed by atoms with van der Waals surface area (Å²) < 4.78 is 0. The van der Waals surface area contributed by atoms with E-state index in [4.69, 9.17) is 5.73 Å². The van der Waals surface area contributed by atoms with Crippen molar-refractivity contribution in [3.63, 3.8) is 0 Å². The van der Waals surface area contributed by atoms with Crippen LogP contribution in [0.2, 0.25) is 0 Å². The standard InChI is InChI=1S/C18H37N7O3/c1-13(26)14(7-5-11-25-18(21-3)22-4)23-12-9-16(27)15(20-2)8-6-10-24-17(19)28/h14-15,20,23H,5-12H2,1-4H3,(H3,19,24,28)(H2,21,22,25)/t14-,15-/m0/s1. The van der Waals surface area contributed by atoms with E-state index in [9.17, 15) is 14.4 Å². The molecule has 0 aliphatic rings. The summed E-state index contributed by atoms with van der Waals surface area (Å²) in [4.78, 5) is 38.8. The molecule has 10 nitrogen and oxygen atoms in total. The Kier molecular flexibility index (Phi) is 14.6. The number of carbonyl (C=O) groups excluding carboxylic acids is 3. The Morgan fingerprint density at radius 2 is 1.57 bits per heavy atom. The quantitative estimate of drug-likeness (QED) is 0.119. The lowest BCUT2D eigenvalue weighted by Crippen LogP contribution is -2.41. The first-order valence-electron chi connectivity index (χ1n) is 9.71. The molecule has 0 radical (unpaired) electrons. The third-order valence-electron chi connectivity index (χ3n) is 4.38. The normalized spacial score (nSPS) is 13.5. The first kappa shape index (κ1) is 25.8. The summed E-state index contributed by atoms with van der Waals surface area (Å²) in [5, 5.41) is 14.8. The van der Waals surface area contributed by atoms with Gasteiger partial charge in [-0.05, 0) is 39.7 Å². The average molecular weight is 400 g/mol. The molecule has 7 N–H and O–H groups in total. The number of aliphatic imine (C=N–C) groups is 1. The number of nitrogens with one attached hydrogen (secondary N) is 5. The lowest BCUT2D eigenvalue weighted by Gasteiger charge is -2.18. The van der Waals surface area contributed by atoms with Crippen molar-refractivity contribution in [2.45, 2.75) is 51.1 Å². The predicted molar refractivity (Wildman–Crippen MR) is 111 cm³/mol. The van der Waals surface area contributed by atoms with Gasteiger partial charge in [-0.1, -0.05) is 0 Å². The van der Waals surface area contributed by atoms with Gasteiger partial charge >= 0.3 is 6.03 Å². The Bertz CT molecular complexity index is 511. The molecule has 28 heavy (non-hydrogen) atoms. The van der Waals surface area contributed by atoms with Crippen molar-refractivity contribution >= 4 is 23.6 Å². The molecule has 2 amide bonds. The van der Waals surface area contributed by atoms with Crippen LogP contribution in [0.25, 0.3) is 0 Å². The molecule has 0 aromatic rings. The SMILES string of the molecule is C/N=C(/NC)NCCC[C@H](NCCC(=O)[C@H](CCCNC(N)=O)NC)C(C)=O. The third-order valence-corrected chi connectivity index (χ3v) is 4.38. The molecular formula is C18H37N7O3. The van der Waals surface area contributed by atoms with Crippen molar-refractivity contribution in [2.24, 2.45) is 10.7 Å². The molecule has 10 heteroatoms. The molecule has 0 fully saturated rings. The highest BCUT2D eigenvalue weighted by atomic mass is 16.2. The van der Waals surface area contributed by atoms with E-state index in [1.165, 1.54) is 0 Å². The molecular weight excluding hydrogens is 362 g/mol. The summed E-state index contributed by atoms with van der Waals surface area (Å²) in [6.07, 6.45) is 3.10. The first-order valence-corrected chi connectivity index (χ1v) is 9.71. The second-order valence-electron chi connectivity index (χ2n) is 6.50. The maximum absolute atomic E-state index is 12.3. The van der Waals surface area contributed by atoms with Crippen molar-refractivity contribution in [3.05, 3.63) is 0 Å². The second-order valence-corrected chi connectivity index (χ2v) is 6.50. The molecule has 0 aliphatic carbocycles. The highest BCUT2D eigenvalue weighted by Crippen LogP contribution is 2.02. The minimum Gasteiger partial charge on any atom is -0.359 e. The Balaban J connectivity index is 4.18. The van der Waals surface area contributed by atoms with Crippen LogP contribution in [0.4, 0.5) is 4.79 Å².